The van der Waals surface area contributed by atoms with Gasteiger partial charge in [-0.15, -0.1) is 0 Å². The highest BCUT2D eigenvalue weighted by Crippen LogP contribution is 2.31. The highest BCUT2D eigenvalue weighted by atomic mass is 16.2. The first-order chi connectivity index (χ1) is 13.3. The number of nitrogens with one attached hydrogen (secondary N) is 2. The molecule has 1 aliphatic rings. The quantitative estimate of drug-likeness (QED) is 0.640. The van der Waals surface area contributed by atoms with Gasteiger partial charge in [-0.2, -0.15) is 0 Å². The zero-order valence-corrected chi connectivity index (χ0v) is 16.9. The summed E-state index contributed by atoms with van der Waals surface area (Å²) in [7, 11) is 0. The average Bonchev–Trinajstić information content (AvgIpc) is 2.66. The van der Waals surface area contributed by atoms with Gasteiger partial charge in [0.1, 0.15) is 11.4 Å². The molecule has 0 fully saturated rings. The molecule has 6 nitrogen and oxygen atoms in total. The summed E-state index contributed by atoms with van der Waals surface area (Å²) in [5.74, 6) is -0.772. The number of pyridine rings is 2. The van der Waals surface area contributed by atoms with Crippen molar-refractivity contribution in [1.29, 1.82) is 0 Å². The first kappa shape index (κ1) is 20.0. The van der Waals surface area contributed by atoms with Gasteiger partial charge in [-0.3, -0.25) is 19.2 Å². The number of aromatic nitrogens is 2. The number of carbonyl (C=O) groups excluding carboxylic acids is 2. The topological polar surface area (TPSA) is 99.9 Å². The number of H-pyrrole nitrogens is 2. The van der Waals surface area contributed by atoms with Crippen molar-refractivity contribution in [1.82, 2.24) is 9.97 Å². The van der Waals surface area contributed by atoms with Gasteiger partial charge in [0.25, 0.3) is 11.1 Å². The molecule has 0 aromatic carbocycles. The molecule has 2 N–H and O–H groups in total. The van der Waals surface area contributed by atoms with Crippen LogP contribution in [0.15, 0.2) is 9.59 Å². The molecule has 2 aromatic rings. The fourth-order valence-electron chi connectivity index (χ4n) is 4.01. The van der Waals surface area contributed by atoms with E-state index in [2.05, 4.69) is 16.9 Å². The van der Waals surface area contributed by atoms with Crippen LogP contribution in [-0.4, -0.2) is 21.5 Å². The maximum atomic E-state index is 13.5. The summed E-state index contributed by atoms with van der Waals surface area (Å²) in [5.41, 5.74) is 2.10. The predicted octanol–water partition coefficient (Wildman–Crippen LogP) is 3.14. The summed E-state index contributed by atoms with van der Waals surface area (Å²) in [6, 6.07) is 0. The van der Waals surface area contributed by atoms with E-state index < -0.39 is 5.78 Å². The first-order valence-corrected chi connectivity index (χ1v) is 9.94. The Labute approximate surface area is 163 Å². The van der Waals surface area contributed by atoms with Gasteiger partial charge in [0.2, 0.25) is 5.78 Å². The average molecular weight is 382 g/mol. The third kappa shape index (κ3) is 3.07. The predicted molar refractivity (Wildman–Crippen MR) is 108 cm³/mol. The third-order valence-electron chi connectivity index (χ3n) is 5.61. The minimum atomic E-state index is -0.493. The number of ketones is 2. The summed E-state index contributed by atoms with van der Waals surface area (Å²) in [6.07, 6.45) is 4.70. The number of fused-ring (bicyclic) bond motifs is 2. The molecular formula is C22H26N2O4. The van der Waals surface area contributed by atoms with Crippen LogP contribution in [0.1, 0.15) is 93.9 Å². The van der Waals surface area contributed by atoms with E-state index >= 15 is 0 Å². The zero-order chi connectivity index (χ0) is 20.6. The molecule has 28 heavy (non-hydrogen) atoms. The van der Waals surface area contributed by atoms with Crippen LogP contribution in [0.3, 0.4) is 0 Å². The van der Waals surface area contributed by atoms with Crippen molar-refractivity contribution < 1.29 is 9.59 Å². The molecule has 0 aliphatic heterocycles. The highest BCUT2D eigenvalue weighted by molar-refractivity contribution is 6.28. The maximum Gasteiger partial charge on any atom is 0.251 e. The van der Waals surface area contributed by atoms with E-state index in [0.717, 1.165) is 25.7 Å². The van der Waals surface area contributed by atoms with Gasteiger partial charge >= 0.3 is 0 Å². The minimum absolute atomic E-state index is 0.00144. The number of rotatable bonds is 6. The zero-order valence-electron chi connectivity index (χ0n) is 16.9. The molecule has 2 heterocycles. The Morgan fingerprint density at radius 3 is 1.61 bits per heavy atom. The number of hydrogen-bond acceptors (Lipinski definition) is 4. The van der Waals surface area contributed by atoms with Gasteiger partial charge < -0.3 is 9.97 Å². The summed E-state index contributed by atoms with van der Waals surface area (Å²) >= 11 is 0. The number of carbonyl (C=O) groups is 2. The lowest BCUT2D eigenvalue weighted by Gasteiger charge is -2.23. The summed E-state index contributed by atoms with van der Waals surface area (Å²) in [6.45, 7) is 7.42. The lowest BCUT2D eigenvalue weighted by molar-refractivity contribution is 0.0969. The second kappa shape index (κ2) is 7.70. The summed E-state index contributed by atoms with van der Waals surface area (Å²) in [4.78, 5) is 56.5. The fourth-order valence-corrected chi connectivity index (χ4v) is 4.01. The van der Waals surface area contributed by atoms with E-state index in [4.69, 9.17) is 0 Å². The Kier molecular flexibility index (Phi) is 5.49. The SMILES string of the molecule is CCCCCc1c2c([nH]c(=O)c1C)C(=O)c1[nH]c(=O)c(C)c(CCC)c1C2=O. The van der Waals surface area contributed by atoms with Gasteiger partial charge in [0.05, 0.1) is 11.1 Å². The maximum absolute atomic E-state index is 13.5. The van der Waals surface area contributed by atoms with Crippen molar-refractivity contribution in [3.8, 4) is 0 Å². The van der Waals surface area contributed by atoms with Gasteiger partial charge in [0, 0.05) is 11.1 Å². The van der Waals surface area contributed by atoms with Crippen molar-refractivity contribution in [2.45, 2.75) is 66.2 Å². The van der Waals surface area contributed by atoms with Crippen LogP contribution >= 0.6 is 0 Å². The Morgan fingerprint density at radius 1 is 0.643 bits per heavy atom. The molecule has 0 bridgehead atoms. The van der Waals surface area contributed by atoms with Crippen molar-refractivity contribution >= 4 is 11.6 Å². The van der Waals surface area contributed by atoms with Gasteiger partial charge in [-0.05, 0) is 44.2 Å². The molecular weight excluding hydrogens is 356 g/mol. The van der Waals surface area contributed by atoms with E-state index in [-0.39, 0.29) is 28.3 Å². The molecule has 0 amide bonds. The number of unbranched alkanes of at least 4 members (excludes halogenated alkanes) is 2. The van der Waals surface area contributed by atoms with E-state index in [0.29, 0.717) is 46.2 Å². The molecule has 6 heteroatoms. The van der Waals surface area contributed by atoms with Gasteiger partial charge in [-0.25, -0.2) is 0 Å². The van der Waals surface area contributed by atoms with Crippen LogP contribution in [0.4, 0.5) is 0 Å². The van der Waals surface area contributed by atoms with Crippen molar-refractivity contribution in [3.63, 3.8) is 0 Å². The number of hydrogen-bond donors (Lipinski definition) is 2. The molecule has 0 saturated heterocycles. The summed E-state index contributed by atoms with van der Waals surface area (Å²) in [5, 5.41) is 0. The monoisotopic (exact) mass is 382 g/mol. The highest BCUT2D eigenvalue weighted by Gasteiger charge is 2.36. The Hall–Kier alpha value is -2.76. The standard InChI is InChI=1S/C22H26N2O4/c1-5-7-8-10-14-12(4)22(28)24-18-16(14)19(25)15-13(9-6-2)11(3)21(27)23-17(15)20(18)26/h5-10H2,1-4H3,(H,23,27)(H,24,28). The van der Waals surface area contributed by atoms with Crippen LogP contribution < -0.4 is 11.1 Å². The third-order valence-corrected chi connectivity index (χ3v) is 5.61. The Morgan fingerprint density at radius 2 is 1.14 bits per heavy atom. The van der Waals surface area contributed by atoms with Crippen LogP contribution in [0, 0.1) is 13.8 Å². The molecule has 148 valence electrons. The Balaban J connectivity index is 2.31. The smallest absolute Gasteiger partial charge is 0.251 e. The fraction of sp³-hybridized carbons (Fsp3) is 0.455. The lowest BCUT2D eigenvalue weighted by Crippen LogP contribution is -2.34. The molecule has 0 radical (unpaired) electrons. The Bertz CT molecular complexity index is 1090. The normalized spacial score (nSPS) is 12.9. The molecule has 0 saturated carbocycles. The number of aromatic amines is 2. The lowest BCUT2D eigenvalue weighted by atomic mass is 9.81. The molecule has 0 unspecified atom stereocenters. The molecule has 1 aliphatic carbocycles. The largest absolute Gasteiger partial charge is 0.318 e. The van der Waals surface area contributed by atoms with Crippen LogP contribution in [0.25, 0.3) is 0 Å². The molecule has 2 aromatic heterocycles. The van der Waals surface area contributed by atoms with Crippen molar-refractivity contribution in [2.75, 3.05) is 0 Å². The molecule has 3 rings (SSSR count). The van der Waals surface area contributed by atoms with Crippen molar-refractivity contribution in [3.05, 3.63) is 65.5 Å². The van der Waals surface area contributed by atoms with Gasteiger partial charge in [0.15, 0.2) is 5.78 Å². The first-order valence-electron chi connectivity index (χ1n) is 9.94. The molecule has 0 atom stereocenters. The van der Waals surface area contributed by atoms with E-state index in [9.17, 15) is 19.2 Å². The second-order valence-corrected chi connectivity index (χ2v) is 7.48. The molecule has 0 spiro atoms. The van der Waals surface area contributed by atoms with Crippen molar-refractivity contribution in [2.24, 2.45) is 0 Å². The minimum Gasteiger partial charge on any atom is -0.318 e. The van der Waals surface area contributed by atoms with Crippen LogP contribution in [0.5, 0.6) is 0 Å². The van der Waals surface area contributed by atoms with E-state index in [1.165, 1.54) is 0 Å². The summed E-state index contributed by atoms with van der Waals surface area (Å²) < 4.78 is 0. The van der Waals surface area contributed by atoms with E-state index in [1.807, 2.05) is 6.92 Å². The van der Waals surface area contributed by atoms with Gasteiger partial charge in [-0.1, -0.05) is 33.1 Å². The van der Waals surface area contributed by atoms with E-state index in [1.54, 1.807) is 13.8 Å². The van der Waals surface area contributed by atoms with Crippen LogP contribution in [-0.2, 0) is 12.8 Å². The van der Waals surface area contributed by atoms with Crippen LogP contribution in [0.2, 0.25) is 0 Å². The second-order valence-electron chi connectivity index (χ2n) is 7.48.